The van der Waals surface area contributed by atoms with Crippen molar-refractivity contribution in [3.63, 3.8) is 0 Å². The summed E-state index contributed by atoms with van der Waals surface area (Å²) in [6.07, 6.45) is 9.51. The number of fused-ring (bicyclic) bond motifs is 2. The third kappa shape index (κ3) is 10.3. The van der Waals surface area contributed by atoms with Crippen LogP contribution in [0.15, 0.2) is 142 Å². The Bertz CT molecular complexity index is 2080. The monoisotopic (exact) mass is 850 g/mol. The number of rotatable bonds is 22. The number of ether oxygens (including phenoxy) is 3. The van der Waals surface area contributed by atoms with Crippen LogP contribution >= 0.6 is 23.5 Å². The van der Waals surface area contributed by atoms with Crippen molar-refractivity contribution in [1.29, 1.82) is 0 Å². The number of aliphatic hydroxyl groups is 2. The number of nitrogens with zero attached hydrogens (tertiary/aromatic N) is 2. The Kier molecular flexibility index (Phi) is 15.4. The maximum Gasteiger partial charge on any atom is 0.269 e. The van der Waals surface area contributed by atoms with Gasteiger partial charge in [-0.3, -0.25) is 10.1 Å². The molecule has 1 fully saturated rings. The Morgan fingerprint density at radius 3 is 2.33 bits per heavy atom. The molecule has 316 valence electrons. The number of benzene rings is 4. The van der Waals surface area contributed by atoms with Crippen molar-refractivity contribution in [2.75, 3.05) is 32.2 Å². The number of nitro groups is 1. The molecule has 6 atom stereocenters. The SMILES string of the molecule is C=CCO[C@@]12Oc3ccc(OCCSc4ccccc4)cc3[C@H]3[C@H](CCCCO)[C@@H](CCCCO)C=C(C(=NOCc4ccc([N+](=O)[O-])cc4)C[C@@H]1Sc1ccccc1)[C@H]32. The van der Waals surface area contributed by atoms with Crippen LogP contribution < -0.4 is 9.47 Å². The highest BCUT2D eigenvalue weighted by Gasteiger charge is 2.64. The van der Waals surface area contributed by atoms with E-state index in [0.29, 0.717) is 25.9 Å². The van der Waals surface area contributed by atoms with Crippen molar-refractivity contribution in [2.24, 2.45) is 22.9 Å². The molecule has 1 heterocycles. The van der Waals surface area contributed by atoms with E-state index in [4.69, 9.17) is 24.2 Å². The van der Waals surface area contributed by atoms with Gasteiger partial charge in [0, 0.05) is 58.8 Å². The zero-order valence-corrected chi connectivity index (χ0v) is 35.4. The van der Waals surface area contributed by atoms with Crippen LogP contribution in [-0.4, -0.2) is 64.1 Å². The van der Waals surface area contributed by atoms with E-state index in [0.717, 1.165) is 70.2 Å². The highest BCUT2D eigenvalue weighted by Crippen LogP contribution is 2.63. The van der Waals surface area contributed by atoms with E-state index < -0.39 is 10.7 Å². The number of hydrogen-bond acceptors (Lipinski definition) is 11. The molecule has 4 aromatic carbocycles. The summed E-state index contributed by atoms with van der Waals surface area (Å²) < 4.78 is 20.8. The van der Waals surface area contributed by atoms with E-state index >= 15 is 0 Å². The molecular formula is C48H54N2O8S2. The van der Waals surface area contributed by atoms with Gasteiger partial charge in [-0.05, 0) is 103 Å². The molecule has 0 bridgehead atoms. The summed E-state index contributed by atoms with van der Waals surface area (Å²) in [5.41, 5.74) is 3.70. The van der Waals surface area contributed by atoms with Gasteiger partial charge in [0.15, 0.2) is 0 Å². The summed E-state index contributed by atoms with van der Waals surface area (Å²) in [4.78, 5) is 19.3. The summed E-state index contributed by atoms with van der Waals surface area (Å²) >= 11 is 3.47. The first-order chi connectivity index (χ1) is 29.4. The predicted octanol–water partition coefficient (Wildman–Crippen LogP) is 10.4. The Morgan fingerprint density at radius 1 is 0.917 bits per heavy atom. The van der Waals surface area contributed by atoms with E-state index in [1.807, 2.05) is 48.5 Å². The highest BCUT2D eigenvalue weighted by atomic mass is 32.2. The van der Waals surface area contributed by atoms with Gasteiger partial charge >= 0.3 is 0 Å². The number of hydrogen-bond donors (Lipinski definition) is 2. The number of unbranched alkanes of at least 4 members (excludes halogenated alkanes) is 2. The number of nitro benzene ring substituents is 1. The topological polar surface area (TPSA) is 133 Å². The molecule has 3 aliphatic rings. The molecule has 4 aromatic rings. The average Bonchev–Trinajstić information content (AvgIpc) is 3.27. The van der Waals surface area contributed by atoms with Crippen LogP contribution in [0.25, 0.3) is 0 Å². The normalized spacial score (nSPS) is 23.5. The smallest absolute Gasteiger partial charge is 0.269 e. The second kappa shape index (κ2) is 21.3. The Morgan fingerprint density at radius 2 is 1.63 bits per heavy atom. The number of oxime groups is 1. The second-order valence-corrected chi connectivity index (χ2v) is 17.8. The number of non-ortho nitro benzene ring substituents is 1. The summed E-state index contributed by atoms with van der Waals surface area (Å²) in [6, 6.07) is 33.1. The van der Waals surface area contributed by atoms with E-state index in [-0.39, 0.29) is 61.0 Å². The fourth-order valence-electron chi connectivity index (χ4n) is 8.91. The van der Waals surface area contributed by atoms with E-state index in [9.17, 15) is 20.3 Å². The molecule has 10 nitrogen and oxygen atoms in total. The molecule has 0 spiro atoms. The molecule has 2 N–H and O–H groups in total. The van der Waals surface area contributed by atoms with Gasteiger partial charge < -0.3 is 29.3 Å². The van der Waals surface area contributed by atoms with Gasteiger partial charge in [0.1, 0.15) is 18.1 Å². The van der Waals surface area contributed by atoms with Crippen LogP contribution in [0.5, 0.6) is 11.5 Å². The Balaban J connectivity index is 1.32. The molecule has 7 rings (SSSR count). The zero-order chi connectivity index (χ0) is 41.7. The van der Waals surface area contributed by atoms with Gasteiger partial charge in [0.05, 0.1) is 35.0 Å². The summed E-state index contributed by atoms with van der Waals surface area (Å²) in [6.45, 7) is 5.25. The molecule has 12 heteroatoms. The third-order valence-electron chi connectivity index (χ3n) is 11.6. The molecule has 0 amide bonds. The zero-order valence-electron chi connectivity index (χ0n) is 33.8. The van der Waals surface area contributed by atoms with Crippen LogP contribution in [0.4, 0.5) is 5.69 Å². The molecule has 0 radical (unpaired) electrons. The van der Waals surface area contributed by atoms with Crippen molar-refractivity contribution in [2.45, 2.75) is 78.3 Å². The van der Waals surface area contributed by atoms with Crippen LogP contribution in [0.3, 0.4) is 0 Å². The van der Waals surface area contributed by atoms with E-state index in [1.165, 1.54) is 17.0 Å². The van der Waals surface area contributed by atoms with Gasteiger partial charge in [-0.25, -0.2) is 0 Å². The summed E-state index contributed by atoms with van der Waals surface area (Å²) in [7, 11) is 0. The van der Waals surface area contributed by atoms with Crippen molar-refractivity contribution in [3.8, 4) is 11.5 Å². The van der Waals surface area contributed by atoms with Crippen LogP contribution in [-0.2, 0) is 16.2 Å². The second-order valence-electron chi connectivity index (χ2n) is 15.4. The lowest BCUT2D eigenvalue weighted by Gasteiger charge is -2.58. The predicted molar refractivity (Wildman–Crippen MR) is 238 cm³/mol. The molecule has 1 saturated carbocycles. The number of aliphatic hydroxyl groups excluding tert-OH is 2. The van der Waals surface area contributed by atoms with Gasteiger partial charge in [-0.2, -0.15) is 0 Å². The Labute approximate surface area is 361 Å². The maximum absolute atomic E-state index is 11.3. The molecular weight excluding hydrogens is 797 g/mol. The lowest BCUT2D eigenvalue weighted by atomic mass is 9.56. The van der Waals surface area contributed by atoms with E-state index in [2.05, 4.69) is 43.0 Å². The fraction of sp³-hybridized carbons (Fsp3) is 0.396. The maximum atomic E-state index is 11.3. The summed E-state index contributed by atoms with van der Waals surface area (Å²) in [5, 5.41) is 35.7. The minimum Gasteiger partial charge on any atom is -0.493 e. The van der Waals surface area contributed by atoms with Crippen LogP contribution in [0.2, 0.25) is 0 Å². The van der Waals surface area contributed by atoms with E-state index in [1.54, 1.807) is 41.7 Å². The molecule has 0 saturated heterocycles. The minimum atomic E-state index is -1.12. The molecule has 0 unspecified atom stereocenters. The molecule has 60 heavy (non-hydrogen) atoms. The fourth-order valence-corrected chi connectivity index (χ4v) is 11.0. The average molecular weight is 851 g/mol. The minimum absolute atomic E-state index is 0.0189. The third-order valence-corrected chi connectivity index (χ3v) is 13.9. The molecule has 1 aliphatic heterocycles. The van der Waals surface area contributed by atoms with Crippen LogP contribution in [0, 0.1) is 27.9 Å². The summed E-state index contributed by atoms with van der Waals surface area (Å²) in [5.74, 6) is 1.15. The van der Waals surface area contributed by atoms with Crippen molar-refractivity contribution in [1.82, 2.24) is 0 Å². The van der Waals surface area contributed by atoms with Crippen molar-refractivity contribution >= 4 is 34.9 Å². The lowest BCUT2D eigenvalue weighted by molar-refractivity contribution is -0.384. The first-order valence-corrected chi connectivity index (χ1v) is 22.8. The lowest BCUT2D eigenvalue weighted by Crippen LogP contribution is -2.64. The first kappa shape index (κ1) is 43.5. The van der Waals surface area contributed by atoms with Crippen LogP contribution in [0.1, 0.15) is 62.0 Å². The number of allylic oxidation sites excluding steroid dienone is 1. The molecule has 2 aliphatic carbocycles. The standard InChI is InChI=1S/C48H54N2O8S2/c1-2-27-56-48-45(60-39-16-7-4-8-17-39)32-43(49-57-33-34-19-21-36(22-20-34)50(53)54)41-30-35(13-9-11-25-51)40(18-10-12-26-52)46(47(41)48)42-31-37(23-24-44(42)58-48)55-28-29-59-38-14-5-3-6-15-38/h2-8,14-17,19-24,30-31,35,40,45-47,51-52H,1,9-13,18,25-29,32-33H2/t35-,40+,45-,46+,47+,48+/m0/s1. The van der Waals surface area contributed by atoms with Gasteiger partial charge in [-0.15, -0.1) is 30.1 Å². The largest absolute Gasteiger partial charge is 0.493 e. The molecule has 0 aromatic heterocycles. The van der Waals surface area contributed by atoms with Crippen molar-refractivity contribution in [3.05, 3.63) is 149 Å². The Hall–Kier alpha value is -4.59. The number of thioether (sulfide) groups is 2. The van der Waals surface area contributed by atoms with Gasteiger partial charge in [0.25, 0.3) is 5.69 Å². The first-order valence-electron chi connectivity index (χ1n) is 20.9. The van der Waals surface area contributed by atoms with Gasteiger partial charge in [-0.1, -0.05) is 66.5 Å². The van der Waals surface area contributed by atoms with Crippen molar-refractivity contribution < 1.29 is 34.2 Å². The highest BCUT2D eigenvalue weighted by molar-refractivity contribution is 8.00. The van der Waals surface area contributed by atoms with Gasteiger partial charge in [0.2, 0.25) is 5.79 Å². The quantitative estimate of drug-likeness (QED) is 0.0259.